The second-order valence-corrected chi connectivity index (χ2v) is 4.99. The summed E-state index contributed by atoms with van der Waals surface area (Å²) in [5.41, 5.74) is 5.50. The van der Waals surface area contributed by atoms with Crippen molar-refractivity contribution in [3.63, 3.8) is 0 Å². The number of rotatable bonds is 4. The number of carbonyl (C=O) groups is 2. The van der Waals surface area contributed by atoms with Crippen molar-refractivity contribution in [3.05, 3.63) is 29.6 Å². The van der Waals surface area contributed by atoms with Gasteiger partial charge in [0.05, 0.1) is 0 Å². The molecule has 1 aliphatic rings. The Morgan fingerprint density at radius 2 is 1.89 bits per heavy atom. The zero-order chi connectivity index (χ0) is 13.7. The fourth-order valence-corrected chi connectivity index (χ4v) is 2.42. The summed E-state index contributed by atoms with van der Waals surface area (Å²) in [6, 6.07) is 4.70. The second-order valence-electron chi connectivity index (χ2n) is 4.99. The van der Waals surface area contributed by atoms with Crippen LogP contribution in [0.4, 0.5) is 0 Å². The number of nitrogens with two attached hydrogens (primary N) is 1. The molecule has 0 aromatic carbocycles. The predicted molar refractivity (Wildman–Crippen MR) is 71.7 cm³/mol. The summed E-state index contributed by atoms with van der Waals surface area (Å²) in [6.07, 6.45) is 6.14. The first-order valence-electron chi connectivity index (χ1n) is 6.72. The quantitative estimate of drug-likeness (QED) is 0.861. The number of hydrogen-bond acceptors (Lipinski definition) is 3. The van der Waals surface area contributed by atoms with Gasteiger partial charge in [0.2, 0.25) is 0 Å². The Bertz CT molecular complexity index is 468. The number of carbonyl (C=O) groups excluding carboxylic acids is 2. The Morgan fingerprint density at radius 1 is 1.21 bits per heavy atom. The lowest BCUT2D eigenvalue weighted by Gasteiger charge is -2.21. The maximum Gasteiger partial charge on any atom is 0.269 e. The number of nitrogens with one attached hydrogen (secondary N) is 1. The molecular weight excluding hydrogens is 242 g/mol. The first kappa shape index (κ1) is 13.5. The average Bonchev–Trinajstić information content (AvgIpc) is 2.46. The monoisotopic (exact) mass is 261 g/mol. The smallest absolute Gasteiger partial charge is 0.269 e. The molecular formula is C14H19N3O2. The van der Waals surface area contributed by atoms with E-state index in [0.717, 1.165) is 0 Å². The first-order valence-corrected chi connectivity index (χ1v) is 6.72. The van der Waals surface area contributed by atoms with E-state index in [1.807, 2.05) is 0 Å². The van der Waals surface area contributed by atoms with Gasteiger partial charge in [-0.2, -0.15) is 0 Å². The van der Waals surface area contributed by atoms with Crippen molar-refractivity contribution in [2.45, 2.75) is 32.1 Å². The van der Waals surface area contributed by atoms with Gasteiger partial charge in [-0.05, 0) is 30.9 Å². The zero-order valence-corrected chi connectivity index (χ0v) is 10.9. The zero-order valence-electron chi connectivity index (χ0n) is 10.9. The van der Waals surface area contributed by atoms with Crippen molar-refractivity contribution in [2.75, 3.05) is 6.54 Å². The van der Waals surface area contributed by atoms with Gasteiger partial charge in [0.25, 0.3) is 11.8 Å². The van der Waals surface area contributed by atoms with Crippen molar-refractivity contribution < 1.29 is 9.59 Å². The van der Waals surface area contributed by atoms with Crippen LogP contribution in [0.1, 0.15) is 53.1 Å². The number of pyridine rings is 1. The van der Waals surface area contributed by atoms with Crippen LogP contribution in [0, 0.1) is 5.92 Å². The largest absolute Gasteiger partial charge is 0.364 e. The highest BCUT2D eigenvalue weighted by molar-refractivity contribution is 5.95. The third-order valence-corrected chi connectivity index (χ3v) is 3.51. The van der Waals surface area contributed by atoms with E-state index in [1.54, 1.807) is 12.1 Å². The van der Waals surface area contributed by atoms with E-state index in [4.69, 9.17) is 5.73 Å². The molecule has 0 radical (unpaired) electrons. The molecule has 0 spiro atoms. The van der Waals surface area contributed by atoms with Gasteiger partial charge in [0, 0.05) is 6.54 Å². The van der Waals surface area contributed by atoms with Gasteiger partial charge in [0.1, 0.15) is 11.4 Å². The molecule has 19 heavy (non-hydrogen) atoms. The second kappa shape index (κ2) is 6.31. The first-order chi connectivity index (χ1) is 9.16. The van der Waals surface area contributed by atoms with Crippen molar-refractivity contribution >= 4 is 11.8 Å². The maximum absolute atomic E-state index is 11.9. The van der Waals surface area contributed by atoms with Crippen LogP contribution >= 0.6 is 0 Å². The minimum absolute atomic E-state index is 0.116. The van der Waals surface area contributed by atoms with Crippen LogP contribution in [0.2, 0.25) is 0 Å². The Balaban J connectivity index is 1.92. The number of amides is 2. The molecule has 2 rings (SSSR count). The molecule has 0 saturated heterocycles. The number of aromatic nitrogens is 1. The Labute approximate surface area is 112 Å². The van der Waals surface area contributed by atoms with Gasteiger partial charge in [0.15, 0.2) is 0 Å². The van der Waals surface area contributed by atoms with E-state index in [9.17, 15) is 9.59 Å². The molecule has 0 aliphatic heterocycles. The van der Waals surface area contributed by atoms with Crippen LogP contribution in [-0.4, -0.2) is 23.3 Å². The summed E-state index contributed by atoms with van der Waals surface area (Å²) in [5, 5.41) is 2.88. The minimum atomic E-state index is -0.623. The fourth-order valence-electron chi connectivity index (χ4n) is 2.42. The highest BCUT2D eigenvalue weighted by atomic mass is 16.2. The minimum Gasteiger partial charge on any atom is -0.364 e. The van der Waals surface area contributed by atoms with E-state index in [2.05, 4.69) is 10.3 Å². The number of primary amides is 1. The van der Waals surface area contributed by atoms with Gasteiger partial charge in [-0.25, -0.2) is 4.98 Å². The molecule has 1 heterocycles. The van der Waals surface area contributed by atoms with Crippen LogP contribution in [-0.2, 0) is 0 Å². The Morgan fingerprint density at radius 3 is 2.58 bits per heavy atom. The predicted octanol–water partition coefficient (Wildman–Crippen LogP) is 1.49. The number of hydrogen-bond donors (Lipinski definition) is 2. The van der Waals surface area contributed by atoms with Crippen LogP contribution < -0.4 is 11.1 Å². The summed E-state index contributed by atoms with van der Waals surface area (Å²) < 4.78 is 0. The van der Waals surface area contributed by atoms with E-state index >= 15 is 0 Å². The van der Waals surface area contributed by atoms with Crippen LogP contribution in [0.15, 0.2) is 18.2 Å². The van der Waals surface area contributed by atoms with Crippen molar-refractivity contribution in [1.82, 2.24) is 10.3 Å². The molecule has 0 bridgehead atoms. The van der Waals surface area contributed by atoms with Crippen LogP contribution in [0.5, 0.6) is 0 Å². The number of nitrogens with zero attached hydrogens (tertiary/aromatic N) is 1. The Hall–Kier alpha value is -1.91. The normalized spacial score (nSPS) is 16.0. The molecule has 1 aromatic heterocycles. The summed E-state index contributed by atoms with van der Waals surface area (Å²) in [5.74, 6) is -0.298. The van der Waals surface area contributed by atoms with Crippen molar-refractivity contribution in [3.8, 4) is 0 Å². The fraction of sp³-hybridized carbons (Fsp3) is 0.500. The summed E-state index contributed by atoms with van der Waals surface area (Å²) in [7, 11) is 0. The molecule has 3 N–H and O–H groups in total. The lowest BCUT2D eigenvalue weighted by Crippen LogP contribution is -2.31. The van der Waals surface area contributed by atoms with Crippen molar-refractivity contribution in [1.29, 1.82) is 0 Å². The van der Waals surface area contributed by atoms with Crippen LogP contribution in [0.25, 0.3) is 0 Å². The molecule has 5 nitrogen and oxygen atoms in total. The molecule has 102 valence electrons. The standard InChI is InChI=1S/C14H19N3O2/c15-13(18)11-7-4-8-12(17-11)14(19)16-9-10-5-2-1-3-6-10/h4,7-8,10H,1-3,5-6,9H2,(H2,15,18)(H,16,19). The molecule has 1 fully saturated rings. The third-order valence-electron chi connectivity index (χ3n) is 3.51. The SMILES string of the molecule is NC(=O)c1cccc(C(=O)NCC2CCCCC2)n1. The van der Waals surface area contributed by atoms with E-state index in [0.29, 0.717) is 12.5 Å². The molecule has 0 atom stereocenters. The van der Waals surface area contributed by atoms with E-state index in [1.165, 1.54) is 38.2 Å². The van der Waals surface area contributed by atoms with E-state index in [-0.39, 0.29) is 17.3 Å². The van der Waals surface area contributed by atoms with Gasteiger partial charge in [-0.15, -0.1) is 0 Å². The van der Waals surface area contributed by atoms with Crippen LogP contribution in [0.3, 0.4) is 0 Å². The molecule has 0 unspecified atom stereocenters. The molecule has 1 aliphatic carbocycles. The lowest BCUT2D eigenvalue weighted by molar-refractivity contribution is 0.0938. The highest BCUT2D eigenvalue weighted by Gasteiger charge is 2.15. The molecule has 5 heteroatoms. The maximum atomic E-state index is 11.9. The summed E-state index contributed by atoms with van der Waals surface area (Å²) in [4.78, 5) is 26.9. The van der Waals surface area contributed by atoms with Gasteiger partial charge >= 0.3 is 0 Å². The lowest BCUT2D eigenvalue weighted by atomic mass is 9.89. The Kier molecular flexibility index (Phi) is 4.49. The topological polar surface area (TPSA) is 85.1 Å². The van der Waals surface area contributed by atoms with Gasteiger partial charge < -0.3 is 11.1 Å². The molecule has 2 amide bonds. The average molecular weight is 261 g/mol. The van der Waals surface area contributed by atoms with Crippen molar-refractivity contribution in [2.24, 2.45) is 11.7 Å². The summed E-state index contributed by atoms with van der Waals surface area (Å²) >= 11 is 0. The van der Waals surface area contributed by atoms with Gasteiger partial charge in [-0.3, -0.25) is 9.59 Å². The summed E-state index contributed by atoms with van der Waals surface area (Å²) in [6.45, 7) is 0.682. The molecule has 1 aromatic rings. The van der Waals surface area contributed by atoms with E-state index < -0.39 is 5.91 Å². The van der Waals surface area contributed by atoms with Gasteiger partial charge in [-0.1, -0.05) is 25.3 Å². The third kappa shape index (κ3) is 3.77. The highest BCUT2D eigenvalue weighted by Crippen LogP contribution is 2.22. The molecule has 1 saturated carbocycles.